The molecule has 1 saturated heterocycles. The van der Waals surface area contributed by atoms with Crippen LogP contribution in [0.4, 0.5) is 5.69 Å². The summed E-state index contributed by atoms with van der Waals surface area (Å²) in [5.74, 6) is 3.81. The van der Waals surface area contributed by atoms with Crippen LogP contribution in [0, 0.1) is 0 Å². The average Bonchev–Trinajstić information content (AvgIpc) is 2.53. The number of carbonyl (C=O) groups excluding carboxylic acids is 1. The van der Waals surface area contributed by atoms with Crippen LogP contribution in [-0.4, -0.2) is 41.5 Å². The Labute approximate surface area is 128 Å². The van der Waals surface area contributed by atoms with E-state index in [2.05, 4.69) is 22.8 Å². The molecule has 0 aliphatic carbocycles. The fraction of sp³-hybridized carbons (Fsp3) is 0.533. The molecule has 2 heterocycles. The van der Waals surface area contributed by atoms with Crippen LogP contribution in [0.5, 0.6) is 0 Å². The smallest absolute Gasteiger partial charge is 0.227 e. The first-order valence-electron chi connectivity index (χ1n) is 7.14. The predicted octanol–water partition coefficient (Wildman–Crippen LogP) is 2.55. The van der Waals surface area contributed by atoms with E-state index in [1.54, 1.807) is 0 Å². The Morgan fingerprint density at radius 3 is 3.10 bits per heavy atom. The second kappa shape index (κ2) is 6.76. The van der Waals surface area contributed by atoms with Crippen LogP contribution < -0.4 is 10.6 Å². The molecule has 108 valence electrons. The van der Waals surface area contributed by atoms with Crippen molar-refractivity contribution in [2.45, 2.75) is 17.6 Å². The van der Waals surface area contributed by atoms with Gasteiger partial charge in [-0.3, -0.25) is 4.79 Å². The Kier molecular flexibility index (Phi) is 4.78. The van der Waals surface area contributed by atoms with Gasteiger partial charge in [-0.15, -0.1) is 0 Å². The third-order valence-corrected chi connectivity index (χ3v) is 6.63. The number of benzene rings is 1. The number of nitrogens with one attached hydrogen (secondary N) is 2. The topological polar surface area (TPSA) is 41.1 Å². The summed E-state index contributed by atoms with van der Waals surface area (Å²) in [6, 6.07) is 8.15. The van der Waals surface area contributed by atoms with Crippen molar-refractivity contribution >= 4 is 35.1 Å². The Bertz CT molecular complexity index is 475. The van der Waals surface area contributed by atoms with E-state index >= 15 is 0 Å². The molecule has 1 aromatic carbocycles. The lowest BCUT2D eigenvalue weighted by Crippen LogP contribution is -2.38. The highest BCUT2D eigenvalue weighted by molar-refractivity contribution is 8.06. The number of hydrogen-bond acceptors (Lipinski definition) is 4. The van der Waals surface area contributed by atoms with E-state index in [1.165, 1.54) is 11.5 Å². The average molecular weight is 308 g/mol. The van der Waals surface area contributed by atoms with E-state index < -0.39 is 0 Å². The highest BCUT2D eigenvalue weighted by atomic mass is 32.2. The van der Waals surface area contributed by atoms with Crippen LogP contribution in [0.3, 0.4) is 0 Å². The lowest BCUT2D eigenvalue weighted by Gasteiger charge is -2.27. The van der Waals surface area contributed by atoms with Gasteiger partial charge in [0.25, 0.3) is 0 Å². The van der Waals surface area contributed by atoms with Gasteiger partial charge in [0, 0.05) is 41.3 Å². The number of amides is 1. The summed E-state index contributed by atoms with van der Waals surface area (Å²) in [5.41, 5.74) is 2.25. The summed E-state index contributed by atoms with van der Waals surface area (Å²) in [4.78, 5) is 12.4. The molecule has 5 heteroatoms. The Morgan fingerprint density at radius 1 is 1.35 bits per heavy atom. The summed E-state index contributed by atoms with van der Waals surface area (Å²) in [5, 5.41) is 7.11. The number of para-hydroxylation sites is 1. The van der Waals surface area contributed by atoms with Crippen LogP contribution in [0.25, 0.3) is 0 Å². The zero-order chi connectivity index (χ0) is 13.8. The summed E-state index contributed by atoms with van der Waals surface area (Å²) in [6.07, 6.45) is 0.884. The maximum Gasteiger partial charge on any atom is 0.227 e. The quantitative estimate of drug-likeness (QED) is 0.900. The molecule has 1 amide bonds. The van der Waals surface area contributed by atoms with E-state index in [-0.39, 0.29) is 11.8 Å². The zero-order valence-corrected chi connectivity index (χ0v) is 13.1. The Hall–Kier alpha value is -0.810. The lowest BCUT2D eigenvalue weighted by atomic mass is 9.90. The van der Waals surface area contributed by atoms with Crippen molar-refractivity contribution in [3.8, 4) is 0 Å². The molecular weight excluding hydrogens is 288 g/mol. The maximum atomic E-state index is 12.4. The van der Waals surface area contributed by atoms with Gasteiger partial charge < -0.3 is 10.6 Å². The molecular formula is C15H20N2OS2. The van der Waals surface area contributed by atoms with Gasteiger partial charge in [-0.2, -0.15) is 23.5 Å². The van der Waals surface area contributed by atoms with Crippen molar-refractivity contribution in [2.24, 2.45) is 0 Å². The molecule has 0 bridgehead atoms. The van der Waals surface area contributed by atoms with Gasteiger partial charge in [0.05, 0.1) is 5.92 Å². The van der Waals surface area contributed by atoms with Crippen molar-refractivity contribution in [3.05, 3.63) is 29.8 Å². The van der Waals surface area contributed by atoms with Gasteiger partial charge in [-0.05, 0) is 18.1 Å². The number of anilines is 1. The largest absolute Gasteiger partial charge is 0.385 e. The third kappa shape index (κ3) is 3.26. The van der Waals surface area contributed by atoms with Gasteiger partial charge in [0.1, 0.15) is 0 Å². The molecule has 2 aliphatic heterocycles. The zero-order valence-electron chi connectivity index (χ0n) is 11.4. The van der Waals surface area contributed by atoms with Crippen LogP contribution in [0.2, 0.25) is 0 Å². The van der Waals surface area contributed by atoms with E-state index in [0.717, 1.165) is 36.5 Å². The van der Waals surface area contributed by atoms with Crippen molar-refractivity contribution < 1.29 is 4.79 Å². The molecule has 1 aromatic rings. The lowest BCUT2D eigenvalue weighted by molar-refractivity contribution is -0.122. The number of thioether (sulfide) groups is 2. The molecule has 0 saturated carbocycles. The second-order valence-electron chi connectivity index (χ2n) is 5.17. The summed E-state index contributed by atoms with van der Waals surface area (Å²) in [7, 11) is 0. The number of carbonyl (C=O) groups is 1. The van der Waals surface area contributed by atoms with Gasteiger partial charge in [-0.1, -0.05) is 18.2 Å². The SMILES string of the molecule is O=C(NCC1CSCCS1)C1CCNc2ccccc21. The fourth-order valence-corrected chi connectivity index (χ4v) is 5.34. The van der Waals surface area contributed by atoms with Gasteiger partial charge >= 0.3 is 0 Å². The molecule has 3 rings (SSSR count). The number of fused-ring (bicyclic) bond motifs is 1. The summed E-state index contributed by atoms with van der Waals surface area (Å²) >= 11 is 3.99. The minimum absolute atomic E-state index is 0.00805. The maximum absolute atomic E-state index is 12.4. The normalized spacial score (nSPS) is 25.4. The summed E-state index contributed by atoms with van der Waals surface area (Å²) < 4.78 is 0. The molecule has 2 unspecified atom stereocenters. The molecule has 20 heavy (non-hydrogen) atoms. The van der Waals surface area contributed by atoms with Crippen molar-refractivity contribution in [3.63, 3.8) is 0 Å². The Balaban J connectivity index is 1.60. The molecule has 2 N–H and O–H groups in total. The van der Waals surface area contributed by atoms with E-state index in [9.17, 15) is 4.79 Å². The van der Waals surface area contributed by atoms with Crippen LogP contribution in [0.15, 0.2) is 24.3 Å². The van der Waals surface area contributed by atoms with Crippen LogP contribution in [0.1, 0.15) is 17.9 Å². The molecule has 2 aliphatic rings. The third-order valence-electron chi connectivity index (χ3n) is 3.79. The minimum Gasteiger partial charge on any atom is -0.385 e. The van der Waals surface area contributed by atoms with Gasteiger partial charge in [0.15, 0.2) is 0 Å². The monoisotopic (exact) mass is 308 g/mol. The van der Waals surface area contributed by atoms with E-state index in [1.807, 2.05) is 35.7 Å². The van der Waals surface area contributed by atoms with Crippen LogP contribution in [-0.2, 0) is 4.79 Å². The van der Waals surface area contributed by atoms with Crippen molar-refractivity contribution in [2.75, 3.05) is 35.7 Å². The number of hydrogen-bond donors (Lipinski definition) is 2. The highest BCUT2D eigenvalue weighted by Crippen LogP contribution is 2.31. The van der Waals surface area contributed by atoms with E-state index in [4.69, 9.17) is 0 Å². The molecule has 0 aromatic heterocycles. The van der Waals surface area contributed by atoms with Gasteiger partial charge in [0.2, 0.25) is 5.91 Å². The van der Waals surface area contributed by atoms with Gasteiger partial charge in [-0.25, -0.2) is 0 Å². The summed E-state index contributed by atoms with van der Waals surface area (Å²) in [6.45, 7) is 1.69. The minimum atomic E-state index is 0.00805. The van der Waals surface area contributed by atoms with E-state index in [0.29, 0.717) is 5.25 Å². The molecule has 0 spiro atoms. The second-order valence-corrected chi connectivity index (χ2v) is 7.73. The standard InChI is InChI=1S/C15H20N2OS2/c18-15(17-9-11-10-19-7-8-20-11)13-5-6-16-14-4-2-1-3-12(13)14/h1-4,11,13,16H,5-10H2,(H,17,18). The molecule has 1 fully saturated rings. The van der Waals surface area contributed by atoms with Crippen molar-refractivity contribution in [1.82, 2.24) is 5.32 Å². The first-order valence-corrected chi connectivity index (χ1v) is 9.35. The first-order chi connectivity index (χ1) is 9.84. The number of rotatable bonds is 3. The molecule has 2 atom stereocenters. The predicted molar refractivity (Wildman–Crippen MR) is 88.9 cm³/mol. The molecule has 0 radical (unpaired) electrons. The fourth-order valence-electron chi connectivity index (χ4n) is 2.73. The van der Waals surface area contributed by atoms with Crippen LogP contribution >= 0.6 is 23.5 Å². The Morgan fingerprint density at radius 2 is 2.25 bits per heavy atom. The molecule has 3 nitrogen and oxygen atoms in total. The van der Waals surface area contributed by atoms with Crippen molar-refractivity contribution in [1.29, 1.82) is 0 Å². The highest BCUT2D eigenvalue weighted by Gasteiger charge is 2.26. The first kappa shape index (κ1) is 14.1.